The molecule has 2 aromatic carbocycles. The Hall–Kier alpha value is -2.34. The van der Waals surface area contributed by atoms with Crippen LogP contribution in [0, 0.1) is 0 Å². The average Bonchev–Trinajstić information content (AvgIpc) is 2.42. The maximum absolute atomic E-state index is 11.8. The van der Waals surface area contributed by atoms with Crippen LogP contribution in [0.5, 0.6) is 5.75 Å². The lowest BCUT2D eigenvalue weighted by Crippen LogP contribution is -2.18. The maximum Gasteiger partial charge on any atom is 0.276 e. The third-order valence-corrected chi connectivity index (χ3v) is 3.61. The van der Waals surface area contributed by atoms with Crippen LogP contribution in [0.2, 0.25) is 0 Å². The van der Waals surface area contributed by atoms with Gasteiger partial charge in [-0.1, -0.05) is 30.3 Å². The summed E-state index contributed by atoms with van der Waals surface area (Å²) < 4.78 is 23.6. The van der Waals surface area contributed by atoms with Gasteiger partial charge in [0.05, 0.1) is 11.1 Å². The Balaban J connectivity index is 2.13. The summed E-state index contributed by atoms with van der Waals surface area (Å²) in [6, 6.07) is 14.4. The first kappa shape index (κ1) is 13.1. The fourth-order valence-electron chi connectivity index (χ4n) is 1.41. The number of para-hydroxylation sites is 1. The van der Waals surface area contributed by atoms with Crippen LogP contribution in [-0.2, 0) is 10.0 Å². The summed E-state index contributed by atoms with van der Waals surface area (Å²) in [6.45, 7) is 0. The number of hydrazone groups is 1. The van der Waals surface area contributed by atoms with Gasteiger partial charge in [-0.15, -0.1) is 0 Å². The van der Waals surface area contributed by atoms with Crippen molar-refractivity contribution >= 4 is 16.2 Å². The highest BCUT2D eigenvalue weighted by molar-refractivity contribution is 7.89. The van der Waals surface area contributed by atoms with E-state index in [1.165, 1.54) is 24.4 Å². The largest absolute Gasteiger partial charge is 0.507 e. The summed E-state index contributed by atoms with van der Waals surface area (Å²) in [4.78, 5) is 2.21. The van der Waals surface area contributed by atoms with Crippen LogP contribution in [0.3, 0.4) is 0 Å². The summed E-state index contributed by atoms with van der Waals surface area (Å²) in [5, 5.41) is 13.1. The first-order valence-electron chi connectivity index (χ1n) is 5.47. The van der Waals surface area contributed by atoms with E-state index < -0.39 is 10.0 Å². The first-order valence-corrected chi connectivity index (χ1v) is 6.96. The molecule has 0 unspecified atom stereocenters. The fraction of sp³-hybridized carbons (Fsp3) is 0. The third-order valence-electron chi connectivity index (χ3n) is 2.37. The van der Waals surface area contributed by atoms with Gasteiger partial charge in [-0.3, -0.25) is 0 Å². The molecule has 98 valence electrons. The summed E-state index contributed by atoms with van der Waals surface area (Å²) in [5.41, 5.74) is 0.429. The second kappa shape index (κ2) is 5.53. The summed E-state index contributed by atoms with van der Waals surface area (Å²) in [7, 11) is -3.67. The van der Waals surface area contributed by atoms with Gasteiger partial charge in [0.1, 0.15) is 5.75 Å². The average molecular weight is 276 g/mol. The van der Waals surface area contributed by atoms with E-state index in [0.717, 1.165) is 0 Å². The zero-order valence-electron chi connectivity index (χ0n) is 9.89. The van der Waals surface area contributed by atoms with E-state index in [2.05, 4.69) is 9.93 Å². The Morgan fingerprint density at radius 1 is 1.00 bits per heavy atom. The van der Waals surface area contributed by atoms with Crippen molar-refractivity contribution in [3.05, 3.63) is 60.2 Å². The molecule has 19 heavy (non-hydrogen) atoms. The minimum Gasteiger partial charge on any atom is -0.507 e. The van der Waals surface area contributed by atoms with Crippen LogP contribution in [-0.4, -0.2) is 19.7 Å². The molecule has 0 saturated carbocycles. The van der Waals surface area contributed by atoms with E-state index in [9.17, 15) is 13.5 Å². The van der Waals surface area contributed by atoms with Crippen molar-refractivity contribution < 1.29 is 13.5 Å². The van der Waals surface area contributed by atoms with Crippen molar-refractivity contribution in [3.63, 3.8) is 0 Å². The van der Waals surface area contributed by atoms with Crippen LogP contribution < -0.4 is 4.83 Å². The molecule has 2 aromatic rings. The molecule has 0 radical (unpaired) electrons. The fourth-order valence-corrected chi connectivity index (χ4v) is 2.23. The number of sulfonamides is 1. The second-order valence-corrected chi connectivity index (χ2v) is 5.39. The van der Waals surface area contributed by atoms with Gasteiger partial charge in [-0.2, -0.15) is 13.5 Å². The Morgan fingerprint density at radius 2 is 1.63 bits per heavy atom. The molecule has 0 saturated heterocycles. The van der Waals surface area contributed by atoms with E-state index in [1.54, 1.807) is 36.4 Å². The van der Waals surface area contributed by atoms with E-state index in [4.69, 9.17) is 0 Å². The highest BCUT2D eigenvalue weighted by Gasteiger charge is 2.11. The van der Waals surface area contributed by atoms with Crippen LogP contribution >= 0.6 is 0 Å². The van der Waals surface area contributed by atoms with Crippen LogP contribution in [0.4, 0.5) is 0 Å². The van der Waals surface area contributed by atoms with Gasteiger partial charge >= 0.3 is 0 Å². The van der Waals surface area contributed by atoms with Crippen LogP contribution in [0.1, 0.15) is 5.56 Å². The molecule has 0 aliphatic heterocycles. The Labute approximate surface area is 111 Å². The van der Waals surface area contributed by atoms with E-state index >= 15 is 0 Å². The van der Waals surface area contributed by atoms with Gasteiger partial charge in [0.2, 0.25) is 0 Å². The minimum atomic E-state index is -3.67. The Bertz CT molecular complexity index is 682. The molecule has 6 heteroatoms. The number of hydrogen-bond donors (Lipinski definition) is 2. The molecule has 0 aliphatic rings. The molecule has 0 aromatic heterocycles. The van der Waals surface area contributed by atoms with Gasteiger partial charge in [0.15, 0.2) is 0 Å². The van der Waals surface area contributed by atoms with Crippen LogP contribution in [0.25, 0.3) is 0 Å². The number of hydrogen-bond acceptors (Lipinski definition) is 4. The van der Waals surface area contributed by atoms with Crippen molar-refractivity contribution in [2.45, 2.75) is 4.90 Å². The summed E-state index contributed by atoms with van der Waals surface area (Å²) in [5.74, 6) is 0.0326. The van der Waals surface area contributed by atoms with Crippen molar-refractivity contribution in [1.82, 2.24) is 4.83 Å². The Kier molecular flexibility index (Phi) is 3.82. The summed E-state index contributed by atoms with van der Waals surface area (Å²) in [6.07, 6.45) is 1.25. The van der Waals surface area contributed by atoms with Gasteiger partial charge in [0.25, 0.3) is 10.0 Å². The number of nitrogens with one attached hydrogen (secondary N) is 1. The number of phenolic OH excluding ortho intramolecular Hbond substituents is 1. The van der Waals surface area contributed by atoms with E-state index in [1.807, 2.05) is 0 Å². The molecule has 0 spiro atoms. The maximum atomic E-state index is 11.8. The predicted molar refractivity (Wildman–Crippen MR) is 72.5 cm³/mol. The molecule has 0 bridgehead atoms. The lowest BCUT2D eigenvalue weighted by atomic mass is 10.2. The molecular weight excluding hydrogens is 264 g/mol. The highest BCUT2D eigenvalue weighted by atomic mass is 32.2. The normalized spacial score (nSPS) is 11.6. The SMILES string of the molecule is O=S(=O)(N/N=C\c1ccccc1O)c1ccccc1. The standard InChI is InChI=1S/C13H12N2O3S/c16-13-9-5-4-6-11(13)10-14-15-19(17,18)12-7-2-1-3-8-12/h1-10,15-16H/b14-10-. The molecule has 5 nitrogen and oxygen atoms in total. The van der Waals surface area contributed by atoms with Gasteiger partial charge in [-0.05, 0) is 24.3 Å². The number of benzene rings is 2. The lowest BCUT2D eigenvalue weighted by molar-refractivity contribution is 0.474. The van der Waals surface area contributed by atoms with Gasteiger partial charge < -0.3 is 5.11 Å². The van der Waals surface area contributed by atoms with Crippen molar-refractivity contribution in [3.8, 4) is 5.75 Å². The Morgan fingerprint density at radius 3 is 2.32 bits per heavy atom. The molecule has 2 N–H and O–H groups in total. The molecular formula is C13H12N2O3S. The van der Waals surface area contributed by atoms with Gasteiger partial charge in [-0.25, -0.2) is 4.83 Å². The zero-order chi connectivity index (χ0) is 13.7. The first-order chi connectivity index (χ1) is 9.09. The minimum absolute atomic E-state index is 0.0326. The predicted octanol–water partition coefficient (Wildman–Crippen LogP) is 1.70. The smallest absolute Gasteiger partial charge is 0.276 e. The number of nitrogens with zero attached hydrogens (tertiary/aromatic N) is 1. The monoisotopic (exact) mass is 276 g/mol. The topological polar surface area (TPSA) is 78.8 Å². The van der Waals surface area contributed by atoms with Crippen molar-refractivity contribution in [2.75, 3.05) is 0 Å². The number of aromatic hydroxyl groups is 1. The van der Waals surface area contributed by atoms with Gasteiger partial charge in [0, 0.05) is 5.56 Å². The quantitative estimate of drug-likeness (QED) is 0.659. The summed E-state index contributed by atoms with van der Waals surface area (Å²) >= 11 is 0. The molecule has 2 rings (SSSR count). The van der Waals surface area contributed by atoms with Crippen molar-refractivity contribution in [2.24, 2.45) is 5.10 Å². The molecule has 0 aliphatic carbocycles. The molecule has 0 heterocycles. The second-order valence-electron chi connectivity index (χ2n) is 3.72. The number of phenols is 1. The molecule has 0 atom stereocenters. The van der Waals surface area contributed by atoms with Crippen LogP contribution in [0.15, 0.2) is 64.6 Å². The molecule has 0 amide bonds. The van der Waals surface area contributed by atoms with Crippen molar-refractivity contribution in [1.29, 1.82) is 0 Å². The van der Waals surface area contributed by atoms with E-state index in [0.29, 0.717) is 5.56 Å². The highest BCUT2D eigenvalue weighted by Crippen LogP contribution is 2.12. The zero-order valence-corrected chi connectivity index (χ0v) is 10.7. The molecule has 0 fully saturated rings. The third kappa shape index (κ3) is 3.32. The lowest BCUT2D eigenvalue weighted by Gasteiger charge is -2.02. The number of rotatable bonds is 4. The van der Waals surface area contributed by atoms with E-state index in [-0.39, 0.29) is 10.6 Å².